The van der Waals surface area contributed by atoms with Crippen LogP contribution in [0.4, 0.5) is 0 Å². The summed E-state index contributed by atoms with van der Waals surface area (Å²) < 4.78 is 10.9. The highest BCUT2D eigenvalue weighted by atomic mass is 16.5. The molecule has 1 saturated heterocycles. The molecular formula is C22H33N3O6. The lowest BCUT2D eigenvalue weighted by Gasteiger charge is -2.29. The molecule has 9 nitrogen and oxygen atoms in total. The molecule has 1 aliphatic heterocycles. The average Bonchev–Trinajstić information content (AvgIpc) is 3.26. The smallest absolute Gasteiger partial charge is 0.326 e. The van der Waals surface area contributed by atoms with Gasteiger partial charge < -0.3 is 25.2 Å². The molecule has 0 spiro atoms. The molecule has 1 aromatic rings. The van der Waals surface area contributed by atoms with Gasteiger partial charge in [0.15, 0.2) is 0 Å². The molecule has 1 fully saturated rings. The number of hydrogen-bond donors (Lipinski definition) is 3. The molecule has 1 unspecified atom stereocenters. The molecule has 9 heteroatoms. The van der Waals surface area contributed by atoms with Crippen LogP contribution < -0.4 is 15.8 Å². The Kier molecular flexibility index (Phi) is 10.3. The predicted molar refractivity (Wildman–Crippen MR) is 115 cm³/mol. The Morgan fingerprint density at radius 3 is 2.61 bits per heavy atom. The molecule has 172 valence electrons. The third-order valence-corrected chi connectivity index (χ3v) is 5.20. The number of aliphatic carboxylic acids is 1. The summed E-state index contributed by atoms with van der Waals surface area (Å²) >= 11 is 0. The van der Waals surface area contributed by atoms with Crippen molar-refractivity contribution in [3.8, 4) is 5.75 Å². The number of likely N-dealkylation sites (tertiary alicyclic amines) is 1. The number of carboxylic acid groups (broad SMARTS) is 1. The van der Waals surface area contributed by atoms with Crippen LogP contribution in [-0.2, 0) is 19.1 Å². The monoisotopic (exact) mass is 435 g/mol. The third kappa shape index (κ3) is 7.52. The van der Waals surface area contributed by atoms with Crippen LogP contribution in [0.2, 0.25) is 0 Å². The van der Waals surface area contributed by atoms with Gasteiger partial charge in [-0.3, -0.25) is 14.9 Å². The lowest BCUT2D eigenvalue weighted by atomic mass is 10.1. The van der Waals surface area contributed by atoms with Crippen molar-refractivity contribution in [2.45, 2.75) is 57.2 Å². The molecule has 0 radical (unpaired) electrons. The maximum absolute atomic E-state index is 13.2. The van der Waals surface area contributed by atoms with Gasteiger partial charge in [0.25, 0.3) is 0 Å². The van der Waals surface area contributed by atoms with Gasteiger partial charge in [0.2, 0.25) is 5.91 Å². The largest absolute Gasteiger partial charge is 0.491 e. The summed E-state index contributed by atoms with van der Waals surface area (Å²) in [7, 11) is 0. The Hall–Kier alpha value is -2.65. The Labute approximate surface area is 182 Å². The molecule has 4 N–H and O–H groups in total. The number of rotatable bonds is 13. The number of hydrogen-bond acceptors (Lipinski definition) is 7. The number of para-hydroxylation sites is 1. The van der Waals surface area contributed by atoms with Crippen LogP contribution in [0.5, 0.6) is 5.75 Å². The van der Waals surface area contributed by atoms with Crippen LogP contribution in [-0.4, -0.2) is 72.3 Å². The lowest BCUT2D eigenvalue weighted by molar-refractivity contribution is -0.151. The zero-order valence-corrected chi connectivity index (χ0v) is 18.0. The molecule has 1 amide bonds. The first kappa shape index (κ1) is 24.6. The molecular weight excluding hydrogens is 402 g/mol. The number of esters is 1. The van der Waals surface area contributed by atoms with Crippen molar-refractivity contribution in [2.24, 2.45) is 5.73 Å². The van der Waals surface area contributed by atoms with Crippen molar-refractivity contribution in [1.29, 1.82) is 0 Å². The molecule has 0 saturated carbocycles. The van der Waals surface area contributed by atoms with E-state index in [4.69, 9.17) is 15.2 Å². The number of carboxylic acids is 1. The normalized spacial score (nSPS) is 17.7. The average molecular weight is 436 g/mol. The first-order valence-electron chi connectivity index (χ1n) is 10.8. The maximum atomic E-state index is 13.2. The fourth-order valence-corrected chi connectivity index (χ4v) is 3.62. The van der Waals surface area contributed by atoms with Gasteiger partial charge in [-0.1, -0.05) is 24.6 Å². The number of unbranched alkanes of at least 4 members (excludes halogenated alkanes) is 1. The van der Waals surface area contributed by atoms with Gasteiger partial charge in [-0.25, -0.2) is 4.79 Å². The minimum Gasteiger partial charge on any atom is -0.491 e. The summed E-state index contributed by atoms with van der Waals surface area (Å²) in [5.41, 5.74) is 5.59. The molecule has 31 heavy (non-hydrogen) atoms. The molecule has 0 aliphatic carbocycles. The van der Waals surface area contributed by atoms with Crippen molar-refractivity contribution in [3.05, 3.63) is 30.3 Å². The summed E-state index contributed by atoms with van der Waals surface area (Å²) in [6, 6.07) is 6.59. The summed E-state index contributed by atoms with van der Waals surface area (Å²) in [5.74, 6) is -1.27. The fourth-order valence-electron chi connectivity index (χ4n) is 3.62. The highest BCUT2D eigenvalue weighted by Gasteiger charge is 2.38. The van der Waals surface area contributed by atoms with Gasteiger partial charge >= 0.3 is 11.9 Å². The van der Waals surface area contributed by atoms with E-state index >= 15 is 0 Å². The van der Waals surface area contributed by atoms with E-state index < -0.39 is 30.1 Å². The van der Waals surface area contributed by atoms with E-state index in [1.807, 2.05) is 18.2 Å². The maximum Gasteiger partial charge on any atom is 0.326 e. The minimum atomic E-state index is -1.01. The van der Waals surface area contributed by atoms with E-state index in [9.17, 15) is 19.5 Å². The van der Waals surface area contributed by atoms with Gasteiger partial charge in [-0.15, -0.1) is 0 Å². The van der Waals surface area contributed by atoms with Crippen molar-refractivity contribution in [2.75, 3.05) is 26.3 Å². The summed E-state index contributed by atoms with van der Waals surface area (Å²) in [6.45, 7) is 2.75. The highest BCUT2D eigenvalue weighted by Crippen LogP contribution is 2.20. The van der Waals surface area contributed by atoms with Gasteiger partial charge in [-0.05, 0) is 51.3 Å². The Bertz CT molecular complexity index is 714. The topological polar surface area (TPSA) is 131 Å². The highest BCUT2D eigenvalue weighted by molar-refractivity contribution is 5.88. The van der Waals surface area contributed by atoms with Crippen molar-refractivity contribution < 1.29 is 29.0 Å². The predicted octanol–water partition coefficient (Wildman–Crippen LogP) is 1.16. The van der Waals surface area contributed by atoms with Crippen molar-refractivity contribution >= 4 is 17.8 Å². The Morgan fingerprint density at radius 2 is 1.97 bits per heavy atom. The SMILES string of the molecule is CCOC(=O)C(COc1ccccc1)N[C@@H](CCCCN)C(=O)N1CCC[C@H]1C(=O)O. The van der Waals surface area contributed by atoms with Crippen LogP contribution in [0.15, 0.2) is 30.3 Å². The number of nitrogens with two attached hydrogens (primary N) is 1. The number of nitrogens with one attached hydrogen (secondary N) is 1. The van der Waals surface area contributed by atoms with Gasteiger partial charge in [0.1, 0.15) is 24.4 Å². The first-order chi connectivity index (χ1) is 15.0. The van der Waals surface area contributed by atoms with E-state index in [1.54, 1.807) is 19.1 Å². The lowest BCUT2D eigenvalue weighted by Crippen LogP contribution is -2.55. The second-order valence-corrected chi connectivity index (χ2v) is 7.46. The van der Waals surface area contributed by atoms with Crippen LogP contribution >= 0.6 is 0 Å². The Balaban J connectivity index is 2.14. The fraction of sp³-hybridized carbons (Fsp3) is 0.591. The molecule has 1 aromatic carbocycles. The van der Waals surface area contributed by atoms with E-state index in [0.717, 1.165) is 6.42 Å². The third-order valence-electron chi connectivity index (χ3n) is 5.20. The summed E-state index contributed by atoms with van der Waals surface area (Å²) in [4.78, 5) is 38.7. The van der Waals surface area contributed by atoms with Gasteiger partial charge in [0, 0.05) is 6.54 Å². The molecule has 1 heterocycles. The number of nitrogens with zero attached hydrogens (tertiary/aromatic N) is 1. The quantitative estimate of drug-likeness (QED) is 0.311. The van der Waals surface area contributed by atoms with Crippen LogP contribution in [0.25, 0.3) is 0 Å². The number of carbonyl (C=O) groups excluding carboxylic acids is 2. The molecule has 3 atom stereocenters. The van der Waals surface area contributed by atoms with E-state index in [-0.39, 0.29) is 19.1 Å². The van der Waals surface area contributed by atoms with Crippen molar-refractivity contribution in [3.63, 3.8) is 0 Å². The van der Waals surface area contributed by atoms with E-state index in [2.05, 4.69) is 5.32 Å². The number of amides is 1. The molecule has 1 aliphatic rings. The Morgan fingerprint density at radius 1 is 1.23 bits per heavy atom. The summed E-state index contributed by atoms with van der Waals surface area (Å²) in [6.07, 6.45) is 2.88. The number of ether oxygens (including phenoxy) is 2. The van der Waals surface area contributed by atoms with Crippen LogP contribution in [0.3, 0.4) is 0 Å². The van der Waals surface area contributed by atoms with Gasteiger partial charge in [0.05, 0.1) is 12.6 Å². The van der Waals surface area contributed by atoms with Crippen LogP contribution in [0.1, 0.15) is 39.0 Å². The first-order valence-corrected chi connectivity index (χ1v) is 10.8. The minimum absolute atomic E-state index is 0.0219. The number of carbonyl (C=O) groups is 3. The molecule has 0 bridgehead atoms. The second kappa shape index (κ2) is 12.9. The zero-order valence-electron chi connectivity index (χ0n) is 18.0. The second-order valence-electron chi connectivity index (χ2n) is 7.46. The molecule has 2 rings (SSSR count). The summed E-state index contributed by atoms with van der Waals surface area (Å²) in [5, 5.41) is 12.5. The molecule has 0 aromatic heterocycles. The number of benzene rings is 1. The van der Waals surface area contributed by atoms with E-state index in [0.29, 0.717) is 44.5 Å². The zero-order chi connectivity index (χ0) is 22.6. The van der Waals surface area contributed by atoms with Crippen molar-refractivity contribution in [1.82, 2.24) is 10.2 Å². The van der Waals surface area contributed by atoms with Gasteiger partial charge in [-0.2, -0.15) is 0 Å². The van der Waals surface area contributed by atoms with E-state index in [1.165, 1.54) is 4.90 Å². The van der Waals surface area contributed by atoms with Crippen LogP contribution in [0, 0.1) is 0 Å². The standard InChI is InChI=1S/C22H33N3O6/c1-2-30-22(29)18(15-31-16-9-4-3-5-10-16)24-17(11-6-7-13-23)20(26)25-14-8-12-19(25)21(27)28/h3-5,9-10,17-19,24H,2,6-8,11-15,23H2,1H3,(H,27,28)/t17-,18?,19-/m0/s1.